The van der Waals surface area contributed by atoms with Gasteiger partial charge in [0.05, 0.1) is 24.6 Å². The monoisotopic (exact) mass is 469 g/mol. The van der Waals surface area contributed by atoms with Crippen molar-refractivity contribution >= 4 is 17.8 Å². The molecule has 7 nitrogen and oxygen atoms in total. The minimum atomic E-state index is -0.796. The number of carbonyl (C=O) groups is 1. The first kappa shape index (κ1) is 23.1. The summed E-state index contributed by atoms with van der Waals surface area (Å²) in [5, 5.41) is 5.04. The summed E-state index contributed by atoms with van der Waals surface area (Å²) in [6.07, 6.45) is 2.79. The fourth-order valence-electron chi connectivity index (χ4n) is 3.88. The lowest BCUT2D eigenvalue weighted by molar-refractivity contribution is 0.102. The van der Waals surface area contributed by atoms with E-state index in [4.69, 9.17) is 25.8 Å². The van der Waals surface area contributed by atoms with Gasteiger partial charge in [-0.05, 0) is 69.6 Å². The summed E-state index contributed by atoms with van der Waals surface area (Å²) in [7, 11) is 0. The molecule has 0 amide bonds. The van der Waals surface area contributed by atoms with Gasteiger partial charge in [-0.1, -0.05) is 29.8 Å². The maximum atomic E-state index is 11.8. The summed E-state index contributed by atoms with van der Waals surface area (Å²) in [5.41, 5.74) is 2.35. The number of hydrogen-bond acceptors (Lipinski definition) is 6. The van der Waals surface area contributed by atoms with Crippen LogP contribution in [0.5, 0.6) is 11.6 Å². The van der Waals surface area contributed by atoms with Crippen molar-refractivity contribution in [1.82, 2.24) is 14.7 Å². The van der Waals surface area contributed by atoms with Crippen LogP contribution < -0.4 is 9.47 Å². The van der Waals surface area contributed by atoms with E-state index in [-0.39, 0.29) is 12.5 Å². The Morgan fingerprint density at radius 3 is 2.70 bits per heavy atom. The average molecular weight is 470 g/mol. The fraction of sp³-hybridized carbons (Fsp3) is 0.360. The van der Waals surface area contributed by atoms with Crippen LogP contribution in [0.25, 0.3) is 16.9 Å². The van der Waals surface area contributed by atoms with E-state index in [1.165, 1.54) is 25.9 Å². The van der Waals surface area contributed by atoms with E-state index in [2.05, 4.69) is 10.00 Å². The summed E-state index contributed by atoms with van der Waals surface area (Å²) >= 11 is 6.20. The fourth-order valence-corrected chi connectivity index (χ4v) is 4.07. The Labute approximate surface area is 198 Å². The normalized spacial score (nSPS) is 13.8. The molecule has 1 aromatic heterocycles. The van der Waals surface area contributed by atoms with Crippen LogP contribution in [0.2, 0.25) is 5.02 Å². The molecule has 0 atom stereocenters. The van der Waals surface area contributed by atoms with E-state index < -0.39 is 6.16 Å². The van der Waals surface area contributed by atoms with Gasteiger partial charge < -0.3 is 19.1 Å². The molecule has 2 aromatic carbocycles. The van der Waals surface area contributed by atoms with Crippen LogP contribution in [0.4, 0.5) is 4.79 Å². The summed E-state index contributed by atoms with van der Waals surface area (Å²) in [5.74, 6) is 0.918. The molecular formula is C25H28ClN3O4. The third kappa shape index (κ3) is 6.27. The predicted molar refractivity (Wildman–Crippen MR) is 127 cm³/mol. The number of carbonyl (C=O) groups excluding carboxylic acids is 1. The molecule has 8 heteroatoms. The lowest BCUT2D eigenvalue weighted by Crippen LogP contribution is -2.21. The van der Waals surface area contributed by atoms with Gasteiger partial charge in [-0.2, -0.15) is 0 Å². The average Bonchev–Trinajstić information content (AvgIpc) is 3.47. The summed E-state index contributed by atoms with van der Waals surface area (Å²) < 4.78 is 17.8. The van der Waals surface area contributed by atoms with Crippen molar-refractivity contribution < 1.29 is 19.0 Å². The second kappa shape index (κ2) is 11.2. The van der Waals surface area contributed by atoms with Gasteiger partial charge >= 0.3 is 6.16 Å². The van der Waals surface area contributed by atoms with Gasteiger partial charge in [0, 0.05) is 23.2 Å². The van der Waals surface area contributed by atoms with Crippen molar-refractivity contribution in [3.63, 3.8) is 0 Å². The van der Waals surface area contributed by atoms with E-state index >= 15 is 0 Å². The largest absolute Gasteiger partial charge is 0.515 e. The molecule has 174 valence electrons. The van der Waals surface area contributed by atoms with Crippen LogP contribution in [0, 0.1) is 0 Å². The second-order valence-electron chi connectivity index (χ2n) is 7.82. The molecule has 0 spiro atoms. The number of aromatic nitrogens is 2. The van der Waals surface area contributed by atoms with Crippen LogP contribution in [-0.2, 0) is 4.74 Å². The smallest absolute Gasteiger partial charge is 0.494 e. The Hall–Kier alpha value is -3.03. The van der Waals surface area contributed by atoms with Crippen molar-refractivity contribution in [3.8, 4) is 28.6 Å². The van der Waals surface area contributed by atoms with Crippen molar-refractivity contribution in [3.05, 3.63) is 59.6 Å². The number of rotatable bonds is 9. The van der Waals surface area contributed by atoms with Crippen LogP contribution in [-0.4, -0.2) is 53.7 Å². The molecule has 3 aromatic rings. The topological polar surface area (TPSA) is 65.8 Å². The van der Waals surface area contributed by atoms with Gasteiger partial charge in [0.2, 0.25) is 5.88 Å². The maximum Gasteiger partial charge on any atom is 0.515 e. The Morgan fingerprint density at radius 2 is 1.91 bits per heavy atom. The number of halogens is 1. The standard InChI is InChI=1S/C25H28ClN3O4/c1-2-31-25(30)33-24-18-23(29(27-24)21-10-6-9-20(26)17-21)19-8-5-11-22(16-19)32-15-7-14-28-12-3-4-13-28/h5-6,8-11,16-18H,2-4,7,12-15H2,1H3. The van der Waals surface area contributed by atoms with Crippen LogP contribution in [0.15, 0.2) is 54.6 Å². The minimum Gasteiger partial charge on any atom is -0.494 e. The third-order valence-electron chi connectivity index (χ3n) is 5.41. The minimum absolute atomic E-state index is 0.139. The number of benzene rings is 2. The first-order chi connectivity index (χ1) is 16.1. The van der Waals surface area contributed by atoms with E-state index in [1.54, 1.807) is 29.8 Å². The van der Waals surface area contributed by atoms with Gasteiger partial charge in [0.25, 0.3) is 0 Å². The SMILES string of the molecule is CCOC(=O)Oc1cc(-c2cccc(OCCCN3CCCC3)c2)n(-c2cccc(Cl)c2)n1. The van der Waals surface area contributed by atoms with Crippen molar-refractivity contribution in [1.29, 1.82) is 0 Å². The lowest BCUT2D eigenvalue weighted by Gasteiger charge is -2.14. The Bertz CT molecular complexity index is 1080. The molecule has 1 aliphatic rings. The number of ether oxygens (including phenoxy) is 3. The van der Waals surface area contributed by atoms with Gasteiger partial charge in [0.15, 0.2) is 0 Å². The highest BCUT2D eigenvalue weighted by molar-refractivity contribution is 6.30. The number of nitrogens with zero attached hydrogens (tertiary/aromatic N) is 3. The molecule has 0 aliphatic carbocycles. The first-order valence-electron chi connectivity index (χ1n) is 11.3. The molecule has 0 saturated carbocycles. The van der Waals surface area contributed by atoms with Crippen molar-refractivity contribution in [2.24, 2.45) is 0 Å². The highest BCUT2D eigenvalue weighted by atomic mass is 35.5. The van der Waals surface area contributed by atoms with Crippen LogP contribution in [0.1, 0.15) is 26.2 Å². The van der Waals surface area contributed by atoms with E-state index in [1.807, 2.05) is 36.4 Å². The van der Waals surface area contributed by atoms with Crippen LogP contribution in [0.3, 0.4) is 0 Å². The molecular weight excluding hydrogens is 442 g/mol. The Kier molecular flexibility index (Phi) is 7.86. The Balaban J connectivity index is 1.54. The van der Waals surface area contributed by atoms with Gasteiger partial charge in [0.1, 0.15) is 5.75 Å². The lowest BCUT2D eigenvalue weighted by atomic mass is 10.1. The third-order valence-corrected chi connectivity index (χ3v) is 5.64. The van der Waals surface area contributed by atoms with Crippen molar-refractivity contribution in [2.75, 3.05) is 32.8 Å². The highest BCUT2D eigenvalue weighted by Gasteiger charge is 2.17. The number of hydrogen-bond donors (Lipinski definition) is 0. The molecule has 1 saturated heterocycles. The van der Waals surface area contributed by atoms with Gasteiger partial charge in [-0.3, -0.25) is 0 Å². The number of likely N-dealkylation sites (tertiary alicyclic amines) is 1. The molecule has 0 N–H and O–H groups in total. The molecule has 0 bridgehead atoms. The van der Waals surface area contributed by atoms with Gasteiger partial charge in [-0.25, -0.2) is 9.48 Å². The summed E-state index contributed by atoms with van der Waals surface area (Å²) in [6.45, 7) is 6.05. The van der Waals surface area contributed by atoms with Crippen LogP contribution >= 0.6 is 11.6 Å². The quantitative estimate of drug-likeness (QED) is 0.300. The molecule has 1 fully saturated rings. The Morgan fingerprint density at radius 1 is 1.09 bits per heavy atom. The van der Waals surface area contributed by atoms with E-state index in [0.29, 0.717) is 11.6 Å². The van der Waals surface area contributed by atoms with Crippen molar-refractivity contribution in [2.45, 2.75) is 26.2 Å². The molecule has 1 aliphatic heterocycles. The molecule has 4 rings (SSSR count). The molecule has 2 heterocycles. The molecule has 0 unspecified atom stereocenters. The zero-order chi connectivity index (χ0) is 23.0. The zero-order valence-corrected chi connectivity index (χ0v) is 19.5. The molecule has 0 radical (unpaired) electrons. The first-order valence-corrected chi connectivity index (χ1v) is 11.7. The predicted octanol–water partition coefficient (Wildman–Crippen LogP) is 5.59. The van der Waals surface area contributed by atoms with Gasteiger partial charge in [-0.15, -0.1) is 5.10 Å². The van der Waals surface area contributed by atoms with E-state index in [9.17, 15) is 4.79 Å². The van der Waals surface area contributed by atoms with E-state index in [0.717, 1.165) is 35.7 Å². The second-order valence-corrected chi connectivity index (χ2v) is 8.26. The highest BCUT2D eigenvalue weighted by Crippen LogP contribution is 2.30. The maximum absolute atomic E-state index is 11.8. The zero-order valence-electron chi connectivity index (χ0n) is 18.7. The summed E-state index contributed by atoms with van der Waals surface area (Å²) in [4.78, 5) is 14.3. The summed E-state index contributed by atoms with van der Waals surface area (Å²) in [6, 6.07) is 16.8. The molecule has 33 heavy (non-hydrogen) atoms.